The Morgan fingerprint density at radius 1 is 1.29 bits per heavy atom. The molecule has 7 nitrogen and oxygen atoms in total. The Labute approximate surface area is 101 Å². The van der Waals surface area contributed by atoms with Crippen molar-refractivity contribution in [2.24, 2.45) is 5.73 Å². The molecular formula is C9H20N2O5S. The highest BCUT2D eigenvalue weighted by Crippen LogP contribution is 2.05. The maximum atomic E-state index is 11.2. The molecule has 0 bridgehead atoms. The first kappa shape index (κ1) is 16.3. The lowest BCUT2D eigenvalue weighted by molar-refractivity contribution is -0.123. The second-order valence-corrected chi connectivity index (χ2v) is 6.08. The van der Waals surface area contributed by atoms with Crippen molar-refractivity contribution in [3.63, 3.8) is 0 Å². The fourth-order valence-electron chi connectivity index (χ4n) is 1.51. The number of aliphatic hydroxyl groups excluding tert-OH is 2. The van der Waals surface area contributed by atoms with Crippen molar-refractivity contribution in [3.05, 3.63) is 0 Å². The summed E-state index contributed by atoms with van der Waals surface area (Å²) in [6.45, 7) is -0.0544. The van der Waals surface area contributed by atoms with E-state index in [9.17, 15) is 13.2 Å². The maximum Gasteiger partial charge on any atom is 0.234 e. The van der Waals surface area contributed by atoms with Crippen molar-refractivity contribution in [2.45, 2.75) is 12.5 Å². The van der Waals surface area contributed by atoms with Crippen LogP contribution in [0.25, 0.3) is 0 Å². The third kappa shape index (κ3) is 7.27. The Bertz CT molecular complexity index is 324. The zero-order chi connectivity index (χ0) is 13.5. The number of primary amides is 1. The first-order valence-corrected chi connectivity index (χ1v) is 7.30. The van der Waals surface area contributed by atoms with Crippen LogP contribution in [0.15, 0.2) is 0 Å². The summed E-state index contributed by atoms with van der Waals surface area (Å²) in [5.41, 5.74) is 5.19. The van der Waals surface area contributed by atoms with Gasteiger partial charge in [0.05, 0.1) is 25.0 Å². The van der Waals surface area contributed by atoms with Crippen molar-refractivity contribution in [1.82, 2.24) is 4.90 Å². The summed E-state index contributed by atoms with van der Waals surface area (Å²) >= 11 is 0. The highest BCUT2D eigenvalue weighted by atomic mass is 32.2. The molecule has 17 heavy (non-hydrogen) atoms. The summed E-state index contributed by atoms with van der Waals surface area (Å²) in [6, 6.07) is -0.788. The fraction of sp³-hybridized carbons (Fsp3) is 0.889. The van der Waals surface area contributed by atoms with Gasteiger partial charge in [0.2, 0.25) is 5.91 Å². The van der Waals surface area contributed by atoms with Crippen LogP contribution in [0.5, 0.6) is 0 Å². The number of carbonyl (C=O) groups excluding carboxylic acids is 1. The van der Waals surface area contributed by atoms with Crippen molar-refractivity contribution in [1.29, 1.82) is 0 Å². The van der Waals surface area contributed by atoms with E-state index < -0.39 is 21.8 Å². The maximum absolute atomic E-state index is 11.2. The largest absolute Gasteiger partial charge is 0.395 e. The van der Waals surface area contributed by atoms with Crippen LogP contribution in [0, 0.1) is 0 Å². The predicted octanol–water partition coefficient (Wildman–Crippen LogP) is -2.44. The molecule has 0 aromatic carbocycles. The third-order valence-electron chi connectivity index (χ3n) is 2.31. The van der Waals surface area contributed by atoms with Gasteiger partial charge in [-0.3, -0.25) is 9.69 Å². The smallest absolute Gasteiger partial charge is 0.234 e. The molecule has 0 aliphatic heterocycles. The zero-order valence-corrected chi connectivity index (χ0v) is 10.7. The van der Waals surface area contributed by atoms with Crippen molar-refractivity contribution < 1.29 is 23.4 Å². The van der Waals surface area contributed by atoms with Gasteiger partial charge >= 0.3 is 0 Å². The molecule has 102 valence electrons. The van der Waals surface area contributed by atoms with Gasteiger partial charge in [-0.25, -0.2) is 8.42 Å². The highest BCUT2D eigenvalue weighted by Gasteiger charge is 2.24. The Balaban J connectivity index is 4.61. The number of nitrogens with two attached hydrogens (primary N) is 1. The molecule has 0 spiro atoms. The number of aliphatic hydroxyl groups is 2. The summed E-state index contributed by atoms with van der Waals surface area (Å²) in [5.74, 6) is -0.816. The van der Waals surface area contributed by atoms with Crippen LogP contribution >= 0.6 is 0 Å². The molecule has 0 aromatic heterocycles. The lowest BCUT2D eigenvalue weighted by Crippen LogP contribution is -2.48. The van der Waals surface area contributed by atoms with Gasteiger partial charge in [-0.15, -0.1) is 0 Å². The van der Waals surface area contributed by atoms with Crippen LogP contribution in [0.1, 0.15) is 6.42 Å². The van der Waals surface area contributed by atoms with Gasteiger partial charge in [0.25, 0.3) is 0 Å². The molecule has 1 atom stereocenters. The second kappa shape index (κ2) is 7.59. The van der Waals surface area contributed by atoms with E-state index in [0.717, 1.165) is 6.26 Å². The predicted molar refractivity (Wildman–Crippen MR) is 63.1 cm³/mol. The lowest BCUT2D eigenvalue weighted by Gasteiger charge is -2.27. The number of carbonyl (C=O) groups is 1. The second-order valence-electron chi connectivity index (χ2n) is 3.82. The average molecular weight is 268 g/mol. The molecule has 0 rings (SSSR count). The van der Waals surface area contributed by atoms with Crippen molar-refractivity contribution in [2.75, 3.05) is 38.3 Å². The Morgan fingerprint density at radius 2 is 1.76 bits per heavy atom. The molecule has 0 aliphatic rings. The minimum atomic E-state index is -3.18. The van der Waals surface area contributed by atoms with Gasteiger partial charge in [-0.2, -0.15) is 0 Å². The van der Waals surface area contributed by atoms with E-state index >= 15 is 0 Å². The quantitative estimate of drug-likeness (QED) is 0.427. The number of rotatable bonds is 9. The highest BCUT2D eigenvalue weighted by molar-refractivity contribution is 7.90. The molecule has 4 N–H and O–H groups in total. The summed E-state index contributed by atoms with van der Waals surface area (Å²) in [6.07, 6.45) is 1.14. The monoisotopic (exact) mass is 268 g/mol. The first-order valence-electron chi connectivity index (χ1n) is 5.24. The van der Waals surface area contributed by atoms with Crippen LogP contribution < -0.4 is 5.73 Å². The van der Waals surface area contributed by atoms with Crippen LogP contribution in [-0.4, -0.2) is 73.8 Å². The molecule has 0 aromatic rings. The van der Waals surface area contributed by atoms with E-state index in [2.05, 4.69) is 0 Å². The lowest BCUT2D eigenvalue weighted by atomic mass is 10.2. The SMILES string of the molecule is CS(=O)(=O)CC[C@@H](C(N)=O)N(CCO)CCO. The van der Waals surface area contributed by atoms with Crippen LogP contribution in [0.4, 0.5) is 0 Å². The topological polar surface area (TPSA) is 121 Å². The Kier molecular flexibility index (Phi) is 7.28. The van der Waals surface area contributed by atoms with Gasteiger partial charge in [0, 0.05) is 19.3 Å². The van der Waals surface area contributed by atoms with Gasteiger partial charge in [-0.1, -0.05) is 0 Å². The van der Waals surface area contributed by atoms with Crippen molar-refractivity contribution >= 4 is 15.7 Å². The number of sulfone groups is 1. The van der Waals surface area contributed by atoms with Crippen LogP contribution in [0.2, 0.25) is 0 Å². The summed E-state index contributed by atoms with van der Waals surface area (Å²) in [5, 5.41) is 17.7. The van der Waals surface area contributed by atoms with Gasteiger partial charge in [0.1, 0.15) is 9.84 Å². The number of nitrogens with zero attached hydrogens (tertiary/aromatic N) is 1. The average Bonchev–Trinajstić information content (AvgIpc) is 2.16. The first-order chi connectivity index (χ1) is 7.81. The number of amides is 1. The number of hydrogen-bond acceptors (Lipinski definition) is 6. The van der Waals surface area contributed by atoms with E-state index in [1.165, 1.54) is 4.90 Å². The minimum Gasteiger partial charge on any atom is -0.395 e. The summed E-state index contributed by atoms with van der Waals surface area (Å²) < 4.78 is 22.1. The van der Waals surface area contributed by atoms with E-state index in [-0.39, 0.29) is 38.5 Å². The Hall–Kier alpha value is -0.700. The van der Waals surface area contributed by atoms with E-state index in [1.807, 2.05) is 0 Å². The molecule has 0 radical (unpaired) electrons. The molecule has 0 saturated carbocycles. The normalized spacial score (nSPS) is 13.9. The zero-order valence-electron chi connectivity index (χ0n) is 9.87. The van der Waals surface area contributed by atoms with Gasteiger partial charge < -0.3 is 15.9 Å². The molecule has 0 saturated heterocycles. The standard InChI is InChI=1S/C9H20N2O5S/c1-17(15,16)7-2-8(9(10)14)11(3-5-12)4-6-13/h8,12-13H,2-7H2,1H3,(H2,10,14)/t8-/m0/s1. The molecule has 0 unspecified atom stereocenters. The third-order valence-corrected chi connectivity index (χ3v) is 3.28. The summed E-state index contributed by atoms with van der Waals surface area (Å²) in [4.78, 5) is 12.7. The Morgan fingerprint density at radius 3 is 2.06 bits per heavy atom. The fourth-order valence-corrected chi connectivity index (χ4v) is 2.16. The molecular weight excluding hydrogens is 248 g/mol. The molecule has 0 heterocycles. The van der Waals surface area contributed by atoms with Gasteiger partial charge in [0.15, 0.2) is 0 Å². The molecule has 1 amide bonds. The summed E-state index contributed by atoms with van der Waals surface area (Å²) in [7, 11) is -3.18. The van der Waals surface area contributed by atoms with E-state index in [4.69, 9.17) is 15.9 Å². The van der Waals surface area contributed by atoms with Crippen molar-refractivity contribution in [3.8, 4) is 0 Å². The van der Waals surface area contributed by atoms with Crippen LogP contribution in [-0.2, 0) is 14.6 Å². The molecule has 0 fully saturated rings. The molecule has 0 aliphatic carbocycles. The molecule has 8 heteroatoms. The van der Waals surface area contributed by atoms with Gasteiger partial charge in [-0.05, 0) is 6.42 Å². The van der Waals surface area contributed by atoms with E-state index in [1.54, 1.807) is 0 Å². The minimum absolute atomic E-state index is 0.0637. The number of hydrogen-bond donors (Lipinski definition) is 3. The van der Waals surface area contributed by atoms with E-state index in [0.29, 0.717) is 0 Å². The van der Waals surface area contributed by atoms with Crippen LogP contribution in [0.3, 0.4) is 0 Å².